The van der Waals surface area contributed by atoms with Gasteiger partial charge in [-0.2, -0.15) is 0 Å². The van der Waals surface area contributed by atoms with Gasteiger partial charge in [0, 0.05) is 6.08 Å². The van der Waals surface area contributed by atoms with E-state index in [-0.39, 0.29) is 11.9 Å². The summed E-state index contributed by atoms with van der Waals surface area (Å²) < 4.78 is 10.2. The summed E-state index contributed by atoms with van der Waals surface area (Å²) in [6.45, 7) is 3.43. The van der Waals surface area contributed by atoms with Crippen LogP contribution in [0.2, 0.25) is 0 Å². The normalized spacial score (nSPS) is 13.0. The molecular weight excluding hydrogens is 330 g/mol. The predicted molar refractivity (Wildman–Crippen MR) is 101 cm³/mol. The van der Waals surface area contributed by atoms with E-state index in [0.717, 1.165) is 16.9 Å². The summed E-state index contributed by atoms with van der Waals surface area (Å²) in [5, 5.41) is 2.83. The number of amides is 1. The van der Waals surface area contributed by atoms with Crippen molar-refractivity contribution in [1.29, 1.82) is 0 Å². The van der Waals surface area contributed by atoms with Crippen LogP contribution in [-0.2, 0) is 14.3 Å². The first-order valence-electron chi connectivity index (χ1n) is 8.37. The molecule has 2 unspecified atom stereocenters. The van der Waals surface area contributed by atoms with E-state index >= 15 is 0 Å². The Kier molecular flexibility index (Phi) is 6.97. The molecule has 1 amide bonds. The lowest BCUT2D eigenvalue weighted by Gasteiger charge is -2.17. The van der Waals surface area contributed by atoms with Gasteiger partial charge in [0.1, 0.15) is 5.75 Å². The van der Waals surface area contributed by atoms with Crippen LogP contribution in [-0.4, -0.2) is 25.1 Å². The smallest absolute Gasteiger partial charge is 0.331 e. The zero-order chi connectivity index (χ0) is 18.9. The number of hydrogen-bond donors (Lipinski definition) is 1. The van der Waals surface area contributed by atoms with Crippen LogP contribution in [0.25, 0.3) is 6.08 Å². The van der Waals surface area contributed by atoms with Crippen LogP contribution < -0.4 is 10.1 Å². The quantitative estimate of drug-likeness (QED) is 0.611. The Morgan fingerprint density at radius 1 is 1.00 bits per heavy atom. The van der Waals surface area contributed by atoms with Gasteiger partial charge in [-0.3, -0.25) is 4.79 Å². The summed E-state index contributed by atoms with van der Waals surface area (Å²) in [5.41, 5.74) is 1.82. The monoisotopic (exact) mass is 353 g/mol. The Balaban J connectivity index is 1.85. The van der Waals surface area contributed by atoms with E-state index in [0.29, 0.717) is 0 Å². The molecule has 5 nitrogen and oxygen atoms in total. The van der Waals surface area contributed by atoms with E-state index in [4.69, 9.17) is 9.47 Å². The molecule has 26 heavy (non-hydrogen) atoms. The average molecular weight is 353 g/mol. The lowest BCUT2D eigenvalue weighted by Crippen LogP contribution is -2.37. The molecule has 136 valence electrons. The van der Waals surface area contributed by atoms with Crippen LogP contribution in [0, 0.1) is 0 Å². The molecule has 2 aromatic rings. The molecule has 5 heteroatoms. The molecule has 0 radical (unpaired) electrons. The van der Waals surface area contributed by atoms with E-state index in [9.17, 15) is 9.59 Å². The molecule has 0 spiro atoms. The number of carbonyl (C=O) groups excluding carboxylic acids is 2. The Morgan fingerprint density at radius 3 is 2.27 bits per heavy atom. The highest BCUT2D eigenvalue weighted by atomic mass is 16.5. The van der Waals surface area contributed by atoms with Gasteiger partial charge in [0.2, 0.25) is 0 Å². The van der Waals surface area contributed by atoms with Crippen LogP contribution in [0.4, 0.5) is 0 Å². The van der Waals surface area contributed by atoms with Gasteiger partial charge in [0.15, 0.2) is 6.10 Å². The molecule has 0 saturated carbocycles. The molecule has 0 fully saturated rings. The predicted octanol–water partition coefficient (Wildman–Crippen LogP) is 3.52. The fourth-order valence-corrected chi connectivity index (χ4v) is 2.30. The average Bonchev–Trinajstić information content (AvgIpc) is 2.67. The van der Waals surface area contributed by atoms with Gasteiger partial charge < -0.3 is 14.8 Å². The molecule has 0 saturated heterocycles. The maximum atomic E-state index is 12.2. The maximum absolute atomic E-state index is 12.2. The first kappa shape index (κ1) is 19.2. The molecule has 1 N–H and O–H groups in total. The number of nitrogens with one attached hydrogen (secondary N) is 1. The van der Waals surface area contributed by atoms with E-state index < -0.39 is 12.1 Å². The van der Waals surface area contributed by atoms with E-state index in [2.05, 4.69) is 5.32 Å². The Hall–Kier alpha value is -3.08. The summed E-state index contributed by atoms with van der Waals surface area (Å²) >= 11 is 0. The fraction of sp³-hybridized carbons (Fsp3) is 0.238. The minimum atomic E-state index is -0.880. The van der Waals surface area contributed by atoms with Gasteiger partial charge in [0.05, 0.1) is 13.2 Å². The van der Waals surface area contributed by atoms with Gasteiger partial charge in [-0.15, -0.1) is 0 Å². The van der Waals surface area contributed by atoms with Crippen molar-refractivity contribution in [3.05, 3.63) is 71.8 Å². The number of benzene rings is 2. The van der Waals surface area contributed by atoms with Crippen LogP contribution >= 0.6 is 0 Å². The fourth-order valence-electron chi connectivity index (χ4n) is 2.30. The minimum absolute atomic E-state index is 0.167. The third-order valence-corrected chi connectivity index (χ3v) is 3.85. The molecule has 2 rings (SSSR count). The van der Waals surface area contributed by atoms with Crippen molar-refractivity contribution in [1.82, 2.24) is 5.32 Å². The summed E-state index contributed by atoms with van der Waals surface area (Å²) in [4.78, 5) is 24.1. The number of esters is 1. The SMILES string of the molecule is COc1ccc(/C=C/C(=O)OC(C)C(=O)NC(C)c2ccccc2)cc1. The van der Waals surface area contributed by atoms with E-state index in [1.807, 2.05) is 49.4 Å². The molecule has 0 heterocycles. The van der Waals surface area contributed by atoms with Crippen LogP contribution in [0.3, 0.4) is 0 Å². The molecule has 0 aromatic heterocycles. The summed E-state index contributed by atoms with van der Waals surface area (Å²) in [6, 6.07) is 16.7. The lowest BCUT2D eigenvalue weighted by molar-refractivity contribution is -0.150. The van der Waals surface area contributed by atoms with Gasteiger partial charge >= 0.3 is 5.97 Å². The highest BCUT2D eigenvalue weighted by Crippen LogP contribution is 2.13. The van der Waals surface area contributed by atoms with Crippen molar-refractivity contribution in [2.45, 2.75) is 26.0 Å². The third kappa shape index (κ3) is 5.77. The summed E-state index contributed by atoms with van der Waals surface area (Å²) in [7, 11) is 1.59. The van der Waals surface area contributed by atoms with Crippen molar-refractivity contribution in [3.8, 4) is 5.75 Å². The van der Waals surface area contributed by atoms with Crippen LogP contribution in [0.5, 0.6) is 5.75 Å². The number of ether oxygens (including phenoxy) is 2. The van der Waals surface area contributed by atoms with E-state index in [1.165, 1.54) is 6.08 Å². The zero-order valence-electron chi connectivity index (χ0n) is 15.1. The van der Waals surface area contributed by atoms with Crippen molar-refractivity contribution >= 4 is 18.0 Å². The van der Waals surface area contributed by atoms with Crippen molar-refractivity contribution in [2.75, 3.05) is 7.11 Å². The molecule has 2 aromatic carbocycles. The van der Waals surface area contributed by atoms with Gasteiger partial charge in [-0.25, -0.2) is 4.79 Å². The van der Waals surface area contributed by atoms with Crippen LogP contribution in [0.1, 0.15) is 31.0 Å². The second kappa shape index (κ2) is 9.42. The number of carbonyl (C=O) groups is 2. The van der Waals surface area contributed by atoms with Gasteiger partial charge in [-0.1, -0.05) is 42.5 Å². The van der Waals surface area contributed by atoms with Crippen molar-refractivity contribution < 1.29 is 19.1 Å². The molecule has 0 aliphatic carbocycles. The number of rotatable bonds is 7. The minimum Gasteiger partial charge on any atom is -0.497 e. The second-order valence-electron chi connectivity index (χ2n) is 5.83. The van der Waals surface area contributed by atoms with Crippen molar-refractivity contribution in [2.24, 2.45) is 0 Å². The van der Waals surface area contributed by atoms with Gasteiger partial charge in [-0.05, 0) is 43.2 Å². The zero-order valence-corrected chi connectivity index (χ0v) is 15.1. The Morgan fingerprint density at radius 2 is 1.65 bits per heavy atom. The Bertz CT molecular complexity index is 753. The molecular formula is C21H23NO4. The maximum Gasteiger partial charge on any atom is 0.331 e. The highest BCUT2D eigenvalue weighted by Gasteiger charge is 2.18. The second-order valence-corrected chi connectivity index (χ2v) is 5.83. The van der Waals surface area contributed by atoms with Gasteiger partial charge in [0.25, 0.3) is 5.91 Å². The first-order chi connectivity index (χ1) is 12.5. The summed E-state index contributed by atoms with van der Waals surface area (Å²) in [6.07, 6.45) is 2.04. The molecule has 0 bridgehead atoms. The lowest BCUT2D eigenvalue weighted by atomic mass is 10.1. The summed E-state index contributed by atoms with van der Waals surface area (Å²) in [5.74, 6) is -0.175. The topological polar surface area (TPSA) is 64.6 Å². The van der Waals surface area contributed by atoms with Crippen LogP contribution in [0.15, 0.2) is 60.7 Å². The van der Waals surface area contributed by atoms with E-state index in [1.54, 1.807) is 32.2 Å². The van der Waals surface area contributed by atoms with Crippen molar-refractivity contribution in [3.63, 3.8) is 0 Å². The largest absolute Gasteiger partial charge is 0.497 e. The molecule has 0 aliphatic rings. The number of hydrogen-bond acceptors (Lipinski definition) is 4. The third-order valence-electron chi connectivity index (χ3n) is 3.85. The number of methoxy groups -OCH3 is 1. The molecule has 0 aliphatic heterocycles. The Labute approximate surface area is 153 Å². The first-order valence-corrected chi connectivity index (χ1v) is 8.37. The molecule has 2 atom stereocenters. The standard InChI is InChI=1S/C21H23NO4/c1-15(18-7-5-4-6-8-18)22-21(24)16(2)26-20(23)14-11-17-9-12-19(25-3)13-10-17/h4-16H,1-3H3,(H,22,24)/b14-11+. The highest BCUT2D eigenvalue weighted by molar-refractivity contribution is 5.90.